The number of aryl methyl sites for hydroxylation is 2. The number of benzene rings is 1. The van der Waals surface area contributed by atoms with E-state index in [9.17, 15) is 0 Å². The SMILES string of the molecule is Cc1[c-]c(C)cc(CC2CCC(CC3CCC(CC4CCC(C)CC4)CC3)CC2)c1.[Y].[Y].[Y]. The van der Waals surface area contributed by atoms with Crippen molar-refractivity contribution in [3.8, 4) is 0 Å². The van der Waals surface area contributed by atoms with Crippen molar-refractivity contribution < 1.29 is 98.1 Å². The molecular formula is C30H47Y3-. The van der Waals surface area contributed by atoms with Crippen molar-refractivity contribution in [2.45, 2.75) is 117 Å². The maximum absolute atomic E-state index is 3.43. The second kappa shape index (κ2) is 17.2. The largest absolute Gasteiger partial charge is 0.177 e. The Bertz CT molecular complexity index is 628. The van der Waals surface area contributed by atoms with E-state index >= 15 is 0 Å². The molecule has 0 nitrogen and oxygen atoms in total. The van der Waals surface area contributed by atoms with Gasteiger partial charge >= 0.3 is 0 Å². The first kappa shape index (κ1) is 33.6. The van der Waals surface area contributed by atoms with Crippen LogP contribution < -0.4 is 0 Å². The summed E-state index contributed by atoms with van der Waals surface area (Å²) in [4.78, 5) is 0. The van der Waals surface area contributed by atoms with Gasteiger partial charge in [-0.15, -0.1) is 0 Å². The van der Waals surface area contributed by atoms with Gasteiger partial charge in [-0.1, -0.05) is 85.0 Å². The maximum atomic E-state index is 3.43. The Morgan fingerprint density at radius 1 is 0.576 bits per heavy atom. The van der Waals surface area contributed by atoms with Crippen LogP contribution in [0.4, 0.5) is 0 Å². The minimum absolute atomic E-state index is 0. The van der Waals surface area contributed by atoms with Gasteiger partial charge in [0.2, 0.25) is 0 Å². The predicted octanol–water partition coefficient (Wildman–Crippen LogP) is 8.86. The second-order valence-corrected chi connectivity index (χ2v) is 11.9. The Labute approximate surface area is 281 Å². The third-order valence-electron chi connectivity index (χ3n) is 9.12. The number of rotatable bonds is 6. The smallest absolute Gasteiger partial charge is 0 e. The average molecular weight is 674 g/mol. The van der Waals surface area contributed by atoms with Crippen LogP contribution in [-0.2, 0) is 105 Å². The van der Waals surface area contributed by atoms with Crippen LogP contribution in [0.15, 0.2) is 12.1 Å². The first-order valence-corrected chi connectivity index (χ1v) is 13.5. The Hall–Kier alpha value is 2.53. The van der Waals surface area contributed by atoms with Gasteiger partial charge in [0.1, 0.15) is 0 Å². The second-order valence-electron chi connectivity index (χ2n) is 11.9. The summed E-state index contributed by atoms with van der Waals surface area (Å²) < 4.78 is 0. The molecule has 3 aliphatic carbocycles. The summed E-state index contributed by atoms with van der Waals surface area (Å²) in [6.45, 7) is 6.84. The molecule has 0 aliphatic heterocycles. The molecule has 3 saturated carbocycles. The summed E-state index contributed by atoms with van der Waals surface area (Å²) in [5.41, 5.74) is 4.18. The van der Waals surface area contributed by atoms with Crippen molar-refractivity contribution in [3.05, 3.63) is 34.9 Å². The fourth-order valence-electron chi connectivity index (χ4n) is 7.31. The Balaban J connectivity index is 0.00000181. The van der Waals surface area contributed by atoms with Gasteiger partial charge in [0.05, 0.1) is 0 Å². The minimum atomic E-state index is 0. The predicted molar refractivity (Wildman–Crippen MR) is 130 cm³/mol. The van der Waals surface area contributed by atoms with Crippen LogP contribution in [0.2, 0.25) is 0 Å². The van der Waals surface area contributed by atoms with Crippen molar-refractivity contribution in [1.29, 1.82) is 0 Å². The van der Waals surface area contributed by atoms with Crippen molar-refractivity contribution in [2.24, 2.45) is 35.5 Å². The summed E-state index contributed by atoms with van der Waals surface area (Å²) in [6.07, 6.45) is 22.6. The maximum Gasteiger partial charge on any atom is 0 e. The first-order chi connectivity index (χ1) is 14.5. The van der Waals surface area contributed by atoms with E-state index in [0.717, 1.165) is 35.5 Å². The van der Waals surface area contributed by atoms with Gasteiger partial charge in [0.15, 0.2) is 0 Å². The van der Waals surface area contributed by atoms with Crippen molar-refractivity contribution >= 4 is 0 Å². The topological polar surface area (TPSA) is 0 Å². The van der Waals surface area contributed by atoms with Crippen LogP contribution in [0.3, 0.4) is 0 Å². The fourth-order valence-corrected chi connectivity index (χ4v) is 7.31. The van der Waals surface area contributed by atoms with Crippen molar-refractivity contribution in [2.75, 3.05) is 0 Å². The van der Waals surface area contributed by atoms with Gasteiger partial charge < -0.3 is 0 Å². The van der Waals surface area contributed by atoms with E-state index in [1.165, 1.54) is 68.9 Å². The van der Waals surface area contributed by atoms with Gasteiger partial charge in [-0.25, -0.2) is 0 Å². The molecule has 1 aromatic rings. The van der Waals surface area contributed by atoms with Crippen LogP contribution in [0.25, 0.3) is 0 Å². The van der Waals surface area contributed by atoms with E-state index < -0.39 is 0 Å². The molecule has 3 fully saturated rings. The van der Waals surface area contributed by atoms with Crippen LogP contribution >= 0.6 is 0 Å². The molecule has 0 spiro atoms. The van der Waals surface area contributed by atoms with Crippen molar-refractivity contribution in [1.82, 2.24) is 0 Å². The molecule has 0 N–H and O–H groups in total. The molecule has 4 rings (SSSR count). The van der Waals surface area contributed by atoms with Crippen LogP contribution in [0, 0.1) is 55.4 Å². The van der Waals surface area contributed by atoms with Crippen LogP contribution in [0.1, 0.15) is 114 Å². The standard InChI is InChI=1S/C30H47.3Y/c1-22-4-6-25(7-5-22)19-26-8-10-27(11-9-26)20-28-12-14-29(15-13-28)21-30-17-23(2)16-24(3)18-30;;;/h17-18,22,25-29H,4-15,19-21H2,1-3H3;;;/q-1;;;. The normalized spacial score (nSPS) is 32.1. The zero-order valence-electron chi connectivity index (χ0n) is 22.0. The van der Waals surface area contributed by atoms with Gasteiger partial charge in [-0.05, 0) is 67.6 Å². The average Bonchev–Trinajstić information content (AvgIpc) is 2.72. The molecule has 0 aromatic heterocycles. The Morgan fingerprint density at radius 2 is 0.909 bits per heavy atom. The molecule has 1 aromatic carbocycles. The molecular weight excluding hydrogens is 627 g/mol. The zero-order chi connectivity index (χ0) is 20.9. The molecule has 3 heteroatoms. The summed E-state index contributed by atoms with van der Waals surface area (Å²) in [6, 6.07) is 8.16. The monoisotopic (exact) mass is 674 g/mol. The Kier molecular flexibility index (Phi) is 17.5. The summed E-state index contributed by atoms with van der Waals surface area (Å²) in [5.74, 6) is 6.18. The van der Waals surface area contributed by atoms with E-state index in [4.69, 9.17) is 0 Å². The minimum Gasteiger partial charge on any atom is -0.177 e. The van der Waals surface area contributed by atoms with E-state index in [2.05, 4.69) is 39.0 Å². The quantitative estimate of drug-likeness (QED) is 0.265. The summed E-state index contributed by atoms with van der Waals surface area (Å²) >= 11 is 0. The van der Waals surface area contributed by atoms with Crippen LogP contribution in [0.5, 0.6) is 0 Å². The molecule has 0 atom stereocenters. The molecule has 177 valence electrons. The van der Waals surface area contributed by atoms with Gasteiger partial charge in [0.25, 0.3) is 0 Å². The van der Waals surface area contributed by atoms with E-state index in [1.54, 1.807) is 44.1 Å². The van der Waals surface area contributed by atoms with E-state index in [1.807, 2.05) is 0 Å². The number of hydrogen-bond donors (Lipinski definition) is 0. The van der Waals surface area contributed by atoms with Crippen LogP contribution in [-0.4, -0.2) is 0 Å². The molecule has 33 heavy (non-hydrogen) atoms. The molecule has 0 heterocycles. The Morgan fingerprint density at radius 3 is 1.30 bits per heavy atom. The van der Waals surface area contributed by atoms with Gasteiger partial charge in [-0.2, -0.15) is 34.9 Å². The summed E-state index contributed by atoms with van der Waals surface area (Å²) in [7, 11) is 0. The van der Waals surface area contributed by atoms with E-state index in [-0.39, 0.29) is 98.1 Å². The number of hydrogen-bond acceptors (Lipinski definition) is 0. The third kappa shape index (κ3) is 11.4. The third-order valence-corrected chi connectivity index (χ3v) is 9.12. The summed E-state index contributed by atoms with van der Waals surface area (Å²) in [5, 5.41) is 0. The van der Waals surface area contributed by atoms with Gasteiger partial charge in [-0.3, -0.25) is 0 Å². The van der Waals surface area contributed by atoms with Gasteiger partial charge in [0, 0.05) is 98.1 Å². The van der Waals surface area contributed by atoms with E-state index in [0.29, 0.717) is 0 Å². The molecule has 0 amide bonds. The molecule has 3 aliphatic rings. The zero-order valence-corrected chi connectivity index (χ0v) is 30.5. The molecule has 0 bridgehead atoms. The molecule has 0 saturated heterocycles. The first-order valence-electron chi connectivity index (χ1n) is 13.5. The molecule has 3 radical (unpaired) electrons. The fraction of sp³-hybridized carbons (Fsp3) is 0.800. The van der Waals surface area contributed by atoms with Crippen molar-refractivity contribution in [3.63, 3.8) is 0 Å². The molecule has 0 unspecified atom stereocenters.